The predicted molar refractivity (Wildman–Crippen MR) is 94.4 cm³/mol. The molecule has 0 atom stereocenters. The smallest absolute Gasteiger partial charge is 0.0549 e. The van der Waals surface area contributed by atoms with Crippen LogP contribution < -0.4 is 0 Å². The SMILES string of the molecule is CN(C)C1(c2cccs2)CCC2(CCN(CC3CC3)C2)CC1. The minimum atomic E-state index is 0.309. The lowest BCUT2D eigenvalue weighted by Gasteiger charge is -2.48. The van der Waals surface area contributed by atoms with E-state index in [-0.39, 0.29) is 0 Å². The van der Waals surface area contributed by atoms with Crippen molar-refractivity contribution in [1.29, 1.82) is 0 Å². The van der Waals surface area contributed by atoms with Crippen LogP contribution in [0.3, 0.4) is 0 Å². The molecular formula is C19H30N2S. The van der Waals surface area contributed by atoms with Gasteiger partial charge < -0.3 is 4.90 Å². The van der Waals surface area contributed by atoms with E-state index in [4.69, 9.17) is 0 Å². The maximum absolute atomic E-state index is 2.78. The van der Waals surface area contributed by atoms with Crippen molar-refractivity contribution < 1.29 is 0 Å². The van der Waals surface area contributed by atoms with Crippen LogP contribution in [-0.4, -0.2) is 43.5 Å². The molecule has 2 saturated carbocycles. The summed E-state index contributed by atoms with van der Waals surface area (Å²) in [5.74, 6) is 1.05. The summed E-state index contributed by atoms with van der Waals surface area (Å²) < 4.78 is 0. The first-order valence-electron chi connectivity index (χ1n) is 9.06. The third-order valence-electron chi connectivity index (χ3n) is 6.70. The van der Waals surface area contributed by atoms with Gasteiger partial charge in [0.15, 0.2) is 0 Å². The van der Waals surface area contributed by atoms with Crippen molar-refractivity contribution in [3.63, 3.8) is 0 Å². The number of thiophene rings is 1. The van der Waals surface area contributed by atoms with Crippen LogP contribution in [0.1, 0.15) is 49.8 Å². The largest absolute Gasteiger partial charge is 0.302 e. The Bertz CT molecular complexity index is 496. The van der Waals surface area contributed by atoms with E-state index in [1.807, 2.05) is 11.3 Å². The Labute approximate surface area is 139 Å². The van der Waals surface area contributed by atoms with Gasteiger partial charge in [0.1, 0.15) is 0 Å². The van der Waals surface area contributed by atoms with Crippen molar-refractivity contribution in [2.45, 2.75) is 50.5 Å². The summed E-state index contributed by atoms with van der Waals surface area (Å²) in [5.41, 5.74) is 0.953. The molecule has 0 N–H and O–H groups in total. The zero-order valence-electron chi connectivity index (χ0n) is 14.2. The summed E-state index contributed by atoms with van der Waals surface area (Å²) in [5, 5.41) is 2.25. The summed E-state index contributed by atoms with van der Waals surface area (Å²) >= 11 is 1.95. The van der Waals surface area contributed by atoms with E-state index >= 15 is 0 Å². The van der Waals surface area contributed by atoms with Crippen molar-refractivity contribution in [3.05, 3.63) is 22.4 Å². The molecule has 1 spiro atoms. The van der Waals surface area contributed by atoms with Crippen LogP contribution >= 0.6 is 11.3 Å². The molecule has 0 unspecified atom stereocenters. The topological polar surface area (TPSA) is 6.48 Å². The molecule has 0 aromatic carbocycles. The standard InChI is InChI=1S/C19H30N2S/c1-20(2)19(17-4-3-13-22-17)9-7-18(8-10-19)11-12-21(15-18)14-16-5-6-16/h3-4,13,16H,5-12,14-15H2,1-2H3. The molecule has 3 fully saturated rings. The normalized spacial score (nSPS) is 36.5. The molecule has 1 aromatic rings. The van der Waals surface area contributed by atoms with Gasteiger partial charge in [-0.05, 0) is 88.4 Å². The molecule has 2 nitrogen and oxygen atoms in total. The molecular weight excluding hydrogens is 288 g/mol. The molecule has 2 aliphatic carbocycles. The summed E-state index contributed by atoms with van der Waals surface area (Å²) in [6, 6.07) is 4.58. The molecule has 4 rings (SSSR count). The maximum Gasteiger partial charge on any atom is 0.0549 e. The Hall–Kier alpha value is -0.380. The van der Waals surface area contributed by atoms with E-state index in [1.165, 1.54) is 64.6 Å². The van der Waals surface area contributed by atoms with Crippen molar-refractivity contribution >= 4 is 11.3 Å². The van der Waals surface area contributed by atoms with E-state index in [2.05, 4.69) is 41.4 Å². The van der Waals surface area contributed by atoms with Gasteiger partial charge in [-0.25, -0.2) is 0 Å². The third-order valence-corrected chi connectivity index (χ3v) is 7.77. The Kier molecular flexibility index (Phi) is 3.87. The molecule has 122 valence electrons. The predicted octanol–water partition coefficient (Wildman–Crippen LogP) is 4.18. The minimum Gasteiger partial charge on any atom is -0.302 e. The third kappa shape index (κ3) is 2.65. The van der Waals surface area contributed by atoms with Crippen LogP contribution in [0.2, 0.25) is 0 Å². The fourth-order valence-corrected chi connectivity index (χ4v) is 5.98. The fourth-order valence-electron chi connectivity index (χ4n) is 4.91. The van der Waals surface area contributed by atoms with Gasteiger partial charge in [-0.2, -0.15) is 0 Å². The van der Waals surface area contributed by atoms with Crippen molar-refractivity contribution in [2.75, 3.05) is 33.7 Å². The van der Waals surface area contributed by atoms with Crippen LogP contribution in [0.15, 0.2) is 17.5 Å². The molecule has 1 aliphatic heterocycles. The average Bonchev–Trinajstić information content (AvgIpc) is 3.01. The molecule has 3 heteroatoms. The highest BCUT2D eigenvalue weighted by molar-refractivity contribution is 7.10. The number of hydrogen-bond acceptors (Lipinski definition) is 3. The Morgan fingerprint density at radius 1 is 1.18 bits per heavy atom. The zero-order chi connectivity index (χ0) is 15.2. The summed E-state index contributed by atoms with van der Waals surface area (Å²) in [4.78, 5) is 6.87. The van der Waals surface area contributed by atoms with Crippen LogP contribution in [0.25, 0.3) is 0 Å². The highest BCUT2D eigenvalue weighted by Gasteiger charge is 2.48. The van der Waals surface area contributed by atoms with Gasteiger partial charge in [0, 0.05) is 18.0 Å². The number of rotatable bonds is 4. The fraction of sp³-hybridized carbons (Fsp3) is 0.789. The average molecular weight is 319 g/mol. The van der Waals surface area contributed by atoms with Crippen molar-refractivity contribution in [2.24, 2.45) is 11.3 Å². The van der Waals surface area contributed by atoms with Gasteiger partial charge >= 0.3 is 0 Å². The van der Waals surface area contributed by atoms with Crippen LogP contribution in [0.4, 0.5) is 0 Å². The van der Waals surface area contributed by atoms with Gasteiger partial charge in [-0.1, -0.05) is 6.07 Å². The van der Waals surface area contributed by atoms with Crippen LogP contribution in [0.5, 0.6) is 0 Å². The van der Waals surface area contributed by atoms with E-state index in [1.54, 1.807) is 4.88 Å². The first kappa shape index (κ1) is 15.2. The molecule has 1 saturated heterocycles. The van der Waals surface area contributed by atoms with Gasteiger partial charge in [-0.15, -0.1) is 11.3 Å². The number of hydrogen-bond donors (Lipinski definition) is 0. The lowest BCUT2D eigenvalue weighted by Crippen LogP contribution is -2.47. The van der Waals surface area contributed by atoms with Crippen LogP contribution in [-0.2, 0) is 5.54 Å². The highest BCUT2D eigenvalue weighted by Crippen LogP contribution is 2.52. The maximum atomic E-state index is 2.78. The lowest BCUT2D eigenvalue weighted by atomic mass is 9.66. The van der Waals surface area contributed by atoms with E-state index in [0.29, 0.717) is 11.0 Å². The lowest BCUT2D eigenvalue weighted by molar-refractivity contribution is 0.0406. The van der Waals surface area contributed by atoms with Crippen molar-refractivity contribution in [1.82, 2.24) is 9.80 Å². The second kappa shape index (κ2) is 5.61. The Balaban J connectivity index is 1.45. The molecule has 2 heterocycles. The molecule has 1 aromatic heterocycles. The van der Waals surface area contributed by atoms with Gasteiger partial charge in [0.05, 0.1) is 5.54 Å². The molecule has 0 bridgehead atoms. The van der Waals surface area contributed by atoms with E-state index < -0.39 is 0 Å². The molecule has 3 aliphatic rings. The minimum absolute atomic E-state index is 0.309. The Morgan fingerprint density at radius 3 is 2.55 bits per heavy atom. The first-order valence-corrected chi connectivity index (χ1v) is 9.94. The van der Waals surface area contributed by atoms with Gasteiger partial charge in [0.2, 0.25) is 0 Å². The van der Waals surface area contributed by atoms with E-state index in [0.717, 1.165) is 5.92 Å². The second-order valence-corrected chi connectivity index (χ2v) is 9.28. The molecule has 0 radical (unpaired) electrons. The van der Waals surface area contributed by atoms with Crippen molar-refractivity contribution in [3.8, 4) is 0 Å². The summed E-state index contributed by atoms with van der Waals surface area (Å²) in [6.07, 6.45) is 9.97. The quantitative estimate of drug-likeness (QED) is 0.821. The molecule has 22 heavy (non-hydrogen) atoms. The second-order valence-electron chi connectivity index (χ2n) is 8.33. The zero-order valence-corrected chi connectivity index (χ0v) is 15.0. The first-order chi connectivity index (χ1) is 10.6. The summed E-state index contributed by atoms with van der Waals surface area (Å²) in [7, 11) is 4.57. The summed E-state index contributed by atoms with van der Waals surface area (Å²) in [6.45, 7) is 4.15. The number of likely N-dealkylation sites (tertiary alicyclic amines) is 1. The monoisotopic (exact) mass is 318 g/mol. The Morgan fingerprint density at radius 2 is 1.95 bits per heavy atom. The highest BCUT2D eigenvalue weighted by atomic mass is 32.1. The van der Waals surface area contributed by atoms with Crippen LogP contribution in [0, 0.1) is 11.3 Å². The number of nitrogens with zero attached hydrogens (tertiary/aromatic N) is 2. The molecule has 0 amide bonds. The van der Waals surface area contributed by atoms with E-state index in [9.17, 15) is 0 Å². The van der Waals surface area contributed by atoms with Gasteiger partial charge in [-0.3, -0.25) is 4.90 Å². The van der Waals surface area contributed by atoms with Gasteiger partial charge in [0.25, 0.3) is 0 Å².